The van der Waals surface area contributed by atoms with E-state index in [1.807, 2.05) is 18.2 Å². The SMILES string of the molecule is CCOC(=O)N1CCN(C(=O)C(Cc2ccccc2C(=O)OC)NC(=O)c2cc(OC)c3ccccc3n2)CC1. The lowest BCUT2D eigenvalue weighted by molar-refractivity contribution is -0.134. The molecule has 0 radical (unpaired) electrons. The molecule has 210 valence electrons. The van der Waals surface area contributed by atoms with Gasteiger partial charge in [-0.3, -0.25) is 9.59 Å². The van der Waals surface area contributed by atoms with E-state index in [9.17, 15) is 19.2 Å². The van der Waals surface area contributed by atoms with E-state index in [4.69, 9.17) is 14.2 Å². The van der Waals surface area contributed by atoms with Crippen molar-refractivity contribution in [2.75, 3.05) is 47.0 Å². The minimum absolute atomic E-state index is 0.0403. The van der Waals surface area contributed by atoms with Crippen molar-refractivity contribution in [2.24, 2.45) is 0 Å². The average molecular weight is 549 g/mol. The second-order valence-electron chi connectivity index (χ2n) is 9.12. The summed E-state index contributed by atoms with van der Waals surface area (Å²) in [6, 6.07) is 14.6. The van der Waals surface area contributed by atoms with Crippen molar-refractivity contribution in [3.8, 4) is 5.75 Å². The van der Waals surface area contributed by atoms with Gasteiger partial charge in [0.1, 0.15) is 17.5 Å². The van der Waals surface area contributed by atoms with E-state index in [0.717, 1.165) is 5.39 Å². The van der Waals surface area contributed by atoms with Gasteiger partial charge in [0.05, 0.1) is 31.9 Å². The second kappa shape index (κ2) is 12.9. The summed E-state index contributed by atoms with van der Waals surface area (Å²) in [5.41, 5.74) is 1.50. The van der Waals surface area contributed by atoms with E-state index in [2.05, 4.69) is 10.3 Å². The Bertz CT molecular complexity index is 1400. The van der Waals surface area contributed by atoms with Gasteiger partial charge < -0.3 is 29.3 Å². The summed E-state index contributed by atoms with van der Waals surface area (Å²) in [5.74, 6) is -0.978. The molecule has 40 heavy (non-hydrogen) atoms. The zero-order valence-corrected chi connectivity index (χ0v) is 22.7. The summed E-state index contributed by atoms with van der Waals surface area (Å²) in [7, 11) is 2.79. The minimum Gasteiger partial charge on any atom is -0.496 e. The van der Waals surface area contributed by atoms with Crippen molar-refractivity contribution in [1.82, 2.24) is 20.1 Å². The first kappa shape index (κ1) is 28.3. The highest BCUT2D eigenvalue weighted by Gasteiger charge is 2.32. The van der Waals surface area contributed by atoms with Gasteiger partial charge in [-0.05, 0) is 30.7 Å². The molecule has 4 rings (SSSR count). The van der Waals surface area contributed by atoms with Crippen LogP contribution in [-0.2, 0) is 20.7 Å². The van der Waals surface area contributed by atoms with E-state index in [1.54, 1.807) is 47.1 Å². The Balaban J connectivity index is 1.61. The van der Waals surface area contributed by atoms with Crippen LogP contribution in [0.5, 0.6) is 5.75 Å². The van der Waals surface area contributed by atoms with Gasteiger partial charge in [0.25, 0.3) is 5.91 Å². The van der Waals surface area contributed by atoms with E-state index in [0.29, 0.717) is 35.5 Å². The van der Waals surface area contributed by atoms with Gasteiger partial charge >= 0.3 is 12.1 Å². The number of esters is 1. The molecule has 0 bridgehead atoms. The van der Waals surface area contributed by atoms with Crippen LogP contribution in [0.1, 0.15) is 33.3 Å². The first-order valence-corrected chi connectivity index (χ1v) is 13.0. The zero-order valence-electron chi connectivity index (χ0n) is 22.7. The highest BCUT2D eigenvalue weighted by atomic mass is 16.6. The molecule has 3 aromatic rings. The number of ether oxygens (including phenoxy) is 3. The van der Waals surface area contributed by atoms with Crippen LogP contribution in [0.3, 0.4) is 0 Å². The molecular formula is C29H32N4O7. The second-order valence-corrected chi connectivity index (χ2v) is 9.12. The molecule has 2 aromatic carbocycles. The third kappa shape index (κ3) is 6.31. The number of nitrogens with zero attached hydrogens (tertiary/aromatic N) is 3. The van der Waals surface area contributed by atoms with Crippen LogP contribution in [0.15, 0.2) is 54.6 Å². The van der Waals surface area contributed by atoms with Crippen molar-refractivity contribution in [3.63, 3.8) is 0 Å². The average Bonchev–Trinajstić information content (AvgIpc) is 2.99. The number of piperazine rings is 1. The smallest absolute Gasteiger partial charge is 0.409 e. The molecule has 1 aliphatic heterocycles. The molecule has 1 atom stereocenters. The maximum Gasteiger partial charge on any atom is 0.409 e. The molecule has 2 heterocycles. The van der Waals surface area contributed by atoms with E-state index in [-0.39, 0.29) is 37.7 Å². The molecule has 1 fully saturated rings. The lowest BCUT2D eigenvalue weighted by Crippen LogP contribution is -2.56. The van der Waals surface area contributed by atoms with Crippen LogP contribution in [0, 0.1) is 0 Å². The fraction of sp³-hybridized carbons (Fsp3) is 0.345. The quantitative estimate of drug-likeness (QED) is 0.426. The molecule has 1 N–H and O–H groups in total. The number of para-hydroxylation sites is 1. The topological polar surface area (TPSA) is 127 Å². The van der Waals surface area contributed by atoms with Gasteiger partial charge in [0.2, 0.25) is 5.91 Å². The van der Waals surface area contributed by atoms with Gasteiger partial charge in [-0.1, -0.05) is 30.3 Å². The molecular weight excluding hydrogens is 516 g/mol. The number of pyridine rings is 1. The molecule has 0 aliphatic carbocycles. The summed E-state index contributed by atoms with van der Waals surface area (Å²) in [6.07, 6.45) is -0.388. The minimum atomic E-state index is -1.02. The Morgan fingerprint density at radius 2 is 1.62 bits per heavy atom. The normalized spacial score (nSPS) is 13.9. The van der Waals surface area contributed by atoms with Crippen LogP contribution in [0.4, 0.5) is 4.79 Å². The Hall–Kier alpha value is -4.67. The molecule has 1 aromatic heterocycles. The summed E-state index contributed by atoms with van der Waals surface area (Å²) in [6.45, 7) is 3.13. The number of amides is 3. The summed E-state index contributed by atoms with van der Waals surface area (Å²) in [5, 5.41) is 3.58. The largest absolute Gasteiger partial charge is 0.496 e. The first-order chi connectivity index (χ1) is 19.4. The molecule has 0 saturated carbocycles. The van der Waals surface area contributed by atoms with Crippen molar-refractivity contribution in [1.29, 1.82) is 0 Å². The Kier molecular flexibility index (Phi) is 9.15. The molecule has 1 unspecified atom stereocenters. The van der Waals surface area contributed by atoms with Crippen molar-refractivity contribution < 1.29 is 33.4 Å². The predicted molar refractivity (Wildman–Crippen MR) is 146 cm³/mol. The Morgan fingerprint density at radius 3 is 2.33 bits per heavy atom. The molecule has 11 heteroatoms. The maximum absolute atomic E-state index is 13.8. The van der Waals surface area contributed by atoms with Gasteiger partial charge in [0.15, 0.2) is 0 Å². The van der Waals surface area contributed by atoms with Crippen molar-refractivity contribution >= 4 is 34.8 Å². The number of nitrogens with one attached hydrogen (secondary N) is 1. The number of aromatic nitrogens is 1. The van der Waals surface area contributed by atoms with Gasteiger partial charge in [0, 0.05) is 44.1 Å². The predicted octanol–water partition coefficient (Wildman–Crippen LogP) is 2.67. The third-order valence-electron chi connectivity index (χ3n) is 6.70. The van der Waals surface area contributed by atoms with Crippen LogP contribution >= 0.6 is 0 Å². The molecule has 1 aliphatic rings. The van der Waals surface area contributed by atoms with Gasteiger partial charge in [-0.2, -0.15) is 0 Å². The molecule has 3 amide bonds. The highest BCUT2D eigenvalue weighted by Crippen LogP contribution is 2.25. The maximum atomic E-state index is 13.8. The number of methoxy groups -OCH3 is 2. The fourth-order valence-corrected chi connectivity index (χ4v) is 4.63. The number of hydrogen-bond acceptors (Lipinski definition) is 8. The number of hydrogen-bond donors (Lipinski definition) is 1. The first-order valence-electron chi connectivity index (χ1n) is 13.0. The van der Waals surface area contributed by atoms with E-state index < -0.39 is 24.0 Å². The molecule has 11 nitrogen and oxygen atoms in total. The number of carbonyl (C=O) groups excluding carboxylic acids is 4. The highest BCUT2D eigenvalue weighted by molar-refractivity contribution is 5.99. The third-order valence-corrected chi connectivity index (χ3v) is 6.70. The van der Waals surface area contributed by atoms with E-state index >= 15 is 0 Å². The number of benzene rings is 2. The zero-order chi connectivity index (χ0) is 28.6. The molecule has 0 spiro atoms. The Morgan fingerprint density at radius 1 is 0.950 bits per heavy atom. The lowest BCUT2D eigenvalue weighted by atomic mass is 9.98. The van der Waals surface area contributed by atoms with Crippen LogP contribution in [-0.4, -0.2) is 91.7 Å². The lowest BCUT2D eigenvalue weighted by Gasteiger charge is -2.36. The number of rotatable bonds is 8. The monoisotopic (exact) mass is 548 g/mol. The Labute approximate surface area is 232 Å². The van der Waals surface area contributed by atoms with Crippen LogP contribution in [0.25, 0.3) is 10.9 Å². The van der Waals surface area contributed by atoms with Crippen molar-refractivity contribution in [3.05, 3.63) is 71.4 Å². The van der Waals surface area contributed by atoms with Crippen molar-refractivity contribution in [2.45, 2.75) is 19.4 Å². The number of carbonyl (C=O) groups is 4. The van der Waals surface area contributed by atoms with Gasteiger partial charge in [-0.15, -0.1) is 0 Å². The summed E-state index contributed by atoms with van der Waals surface area (Å²) in [4.78, 5) is 59.4. The van der Waals surface area contributed by atoms with Gasteiger partial charge in [-0.25, -0.2) is 14.6 Å². The van der Waals surface area contributed by atoms with Crippen LogP contribution in [0.2, 0.25) is 0 Å². The van der Waals surface area contributed by atoms with E-state index in [1.165, 1.54) is 20.3 Å². The van der Waals surface area contributed by atoms with Crippen LogP contribution < -0.4 is 10.1 Å². The fourth-order valence-electron chi connectivity index (χ4n) is 4.63. The molecule has 1 saturated heterocycles. The summed E-state index contributed by atoms with van der Waals surface area (Å²) >= 11 is 0. The standard InChI is InChI=1S/C29H32N4O7/c1-4-40-29(37)33-15-13-32(14-16-33)27(35)24(17-19-9-5-6-10-20(19)28(36)39-3)31-26(34)23-18-25(38-2)21-11-7-8-12-22(21)30-23/h5-12,18,24H,4,13-17H2,1-3H3,(H,31,34). The number of fused-ring (bicyclic) bond motifs is 1. The summed E-state index contributed by atoms with van der Waals surface area (Å²) < 4.78 is 15.5.